The largest absolute Gasteiger partial charge is 1.00 e. The maximum Gasteiger partial charge on any atom is 1.00 e. The van der Waals surface area contributed by atoms with Gasteiger partial charge in [-0.25, -0.2) is 4.79 Å². The third-order valence-electron chi connectivity index (χ3n) is 6.40. The van der Waals surface area contributed by atoms with Crippen LogP contribution in [-0.2, 0) is 9.63 Å². The molecule has 3 amide bonds. The number of hydrogen-bond donors (Lipinski definition) is 1. The molecule has 0 aliphatic carbocycles. The second kappa shape index (κ2) is 16.7. The number of urea groups is 1. The van der Waals surface area contributed by atoms with E-state index in [9.17, 15) is 19.5 Å². The van der Waals surface area contributed by atoms with E-state index in [0.717, 1.165) is 5.56 Å². The van der Waals surface area contributed by atoms with Crippen molar-refractivity contribution in [2.45, 2.75) is 13.8 Å². The number of hydroxylamine groups is 2. The molecule has 1 N–H and O–H groups in total. The molecule has 3 aromatic rings. The number of rotatable bonds is 13. The standard InChI is InChI=1S/C30H36N4O7.Na/c1-21-8-6-7-9-26(21)31-30(38)34(17-16-32(3)40-5)27-15-12-24(20-28(27)39-4)33(22(2)35)18-19-41-25-13-10-23(11-14-25)29(36)37;/h6-15,20H,16-19H2,1-5H3,(H,31,38)(H,36,37);/q;+1/p-1. The van der Waals surface area contributed by atoms with Crippen LogP contribution in [0.5, 0.6) is 11.5 Å². The van der Waals surface area contributed by atoms with E-state index in [1.165, 1.54) is 43.2 Å². The van der Waals surface area contributed by atoms with E-state index in [1.807, 2.05) is 31.2 Å². The molecule has 0 aliphatic heterocycles. The molecule has 3 aromatic carbocycles. The second-order valence-electron chi connectivity index (χ2n) is 9.12. The predicted octanol–water partition coefficient (Wildman–Crippen LogP) is 0.335. The van der Waals surface area contributed by atoms with Gasteiger partial charge in [0.15, 0.2) is 0 Å². The number of carboxylic acids is 1. The summed E-state index contributed by atoms with van der Waals surface area (Å²) >= 11 is 0. The van der Waals surface area contributed by atoms with Crippen molar-refractivity contribution in [1.29, 1.82) is 0 Å². The Labute approximate surface area is 268 Å². The van der Waals surface area contributed by atoms with Crippen LogP contribution in [0.4, 0.5) is 21.9 Å². The van der Waals surface area contributed by atoms with E-state index in [0.29, 0.717) is 41.7 Å². The van der Waals surface area contributed by atoms with Gasteiger partial charge >= 0.3 is 35.6 Å². The molecule has 42 heavy (non-hydrogen) atoms. The molecule has 0 saturated heterocycles. The monoisotopic (exact) mass is 586 g/mol. The number of hydrogen-bond acceptors (Lipinski definition) is 8. The molecular weight excluding hydrogens is 551 g/mol. The van der Waals surface area contributed by atoms with Crippen molar-refractivity contribution in [3.05, 3.63) is 77.9 Å². The molecular formula is C30H35N4NaO7. The number of carbonyl (C=O) groups excluding carboxylic acids is 3. The number of aromatic carboxylic acids is 1. The minimum absolute atomic E-state index is 0. The summed E-state index contributed by atoms with van der Waals surface area (Å²) < 4.78 is 11.4. The van der Waals surface area contributed by atoms with Crippen molar-refractivity contribution in [2.75, 3.05) is 62.6 Å². The van der Waals surface area contributed by atoms with E-state index in [-0.39, 0.29) is 60.2 Å². The Morgan fingerprint density at radius 1 is 0.905 bits per heavy atom. The van der Waals surface area contributed by atoms with Gasteiger partial charge in [0.25, 0.3) is 0 Å². The van der Waals surface area contributed by atoms with Gasteiger partial charge in [-0.05, 0) is 60.5 Å². The van der Waals surface area contributed by atoms with Gasteiger partial charge in [-0.1, -0.05) is 18.2 Å². The number of carboxylic acid groups (broad SMARTS) is 1. The number of nitrogens with zero attached hydrogens (tertiary/aromatic N) is 3. The van der Waals surface area contributed by atoms with Crippen LogP contribution in [0, 0.1) is 6.92 Å². The molecule has 0 bridgehead atoms. The molecule has 0 aliphatic rings. The molecule has 12 heteroatoms. The Morgan fingerprint density at radius 3 is 2.19 bits per heavy atom. The molecule has 0 fully saturated rings. The van der Waals surface area contributed by atoms with Gasteiger partial charge in [-0.15, -0.1) is 0 Å². The maximum absolute atomic E-state index is 13.5. The fourth-order valence-corrected chi connectivity index (χ4v) is 4.03. The van der Waals surface area contributed by atoms with Crippen molar-refractivity contribution >= 4 is 35.0 Å². The molecule has 0 spiro atoms. The van der Waals surface area contributed by atoms with Crippen LogP contribution in [0.2, 0.25) is 0 Å². The van der Waals surface area contributed by atoms with Gasteiger partial charge in [0, 0.05) is 44.5 Å². The van der Waals surface area contributed by atoms with Crippen LogP contribution in [-0.4, -0.2) is 70.5 Å². The summed E-state index contributed by atoms with van der Waals surface area (Å²) in [7, 11) is 4.82. The second-order valence-corrected chi connectivity index (χ2v) is 9.12. The van der Waals surface area contributed by atoms with Gasteiger partial charge < -0.3 is 34.4 Å². The molecule has 218 valence electrons. The minimum atomic E-state index is -1.27. The Bertz CT molecular complexity index is 1350. The zero-order chi connectivity index (χ0) is 29.9. The van der Waals surface area contributed by atoms with Gasteiger partial charge in [0.05, 0.1) is 32.4 Å². The summed E-state index contributed by atoms with van der Waals surface area (Å²) in [6.45, 7) is 4.44. The fourth-order valence-electron chi connectivity index (χ4n) is 4.03. The quantitative estimate of drug-likeness (QED) is 0.225. The number of methoxy groups -OCH3 is 1. The Kier molecular flexibility index (Phi) is 13.8. The van der Waals surface area contributed by atoms with Crippen molar-refractivity contribution < 1.29 is 63.4 Å². The number of anilines is 3. The van der Waals surface area contributed by atoms with Gasteiger partial charge in [-0.3, -0.25) is 9.69 Å². The maximum atomic E-state index is 13.5. The van der Waals surface area contributed by atoms with Crippen LogP contribution in [0.15, 0.2) is 66.7 Å². The molecule has 11 nitrogen and oxygen atoms in total. The summed E-state index contributed by atoms with van der Waals surface area (Å²) in [5, 5.41) is 15.5. The van der Waals surface area contributed by atoms with Crippen molar-refractivity contribution in [1.82, 2.24) is 5.06 Å². The predicted molar refractivity (Wildman–Crippen MR) is 154 cm³/mol. The van der Waals surface area contributed by atoms with E-state index in [1.54, 1.807) is 42.3 Å². The normalized spacial score (nSPS) is 10.4. The minimum Gasteiger partial charge on any atom is -0.545 e. The molecule has 0 radical (unpaired) electrons. The first-order valence-corrected chi connectivity index (χ1v) is 12.9. The third-order valence-corrected chi connectivity index (χ3v) is 6.40. The smallest absolute Gasteiger partial charge is 0.545 e. The first-order valence-electron chi connectivity index (χ1n) is 12.9. The molecule has 0 atom stereocenters. The summed E-state index contributed by atoms with van der Waals surface area (Å²) in [5.74, 6) is -0.629. The van der Waals surface area contributed by atoms with Gasteiger partial charge in [-0.2, -0.15) is 5.06 Å². The first-order chi connectivity index (χ1) is 19.6. The SMILES string of the molecule is COc1cc(N(CCOc2ccc(C(=O)[O-])cc2)C(C)=O)ccc1N(CCN(C)OC)C(=O)Nc1ccccc1C.[Na+]. The average molecular weight is 587 g/mol. The number of benzene rings is 3. The number of para-hydroxylation sites is 1. The number of carbonyl (C=O) groups is 3. The van der Waals surface area contributed by atoms with Gasteiger partial charge in [0.1, 0.15) is 18.1 Å². The zero-order valence-corrected chi connectivity index (χ0v) is 26.9. The number of aryl methyl sites for hydroxylation is 1. The van der Waals surface area contributed by atoms with E-state index in [4.69, 9.17) is 14.3 Å². The van der Waals surface area contributed by atoms with Crippen LogP contribution >= 0.6 is 0 Å². The number of nitrogens with one attached hydrogen (secondary N) is 1. The number of likely N-dealkylation sites (N-methyl/N-ethyl adjacent to an activating group) is 1. The van der Waals surface area contributed by atoms with Gasteiger partial charge in [0.2, 0.25) is 5.91 Å². The van der Waals surface area contributed by atoms with E-state index in [2.05, 4.69) is 5.32 Å². The van der Waals surface area contributed by atoms with Crippen LogP contribution < -0.4 is 59.3 Å². The van der Waals surface area contributed by atoms with E-state index >= 15 is 0 Å². The Morgan fingerprint density at radius 2 is 1.60 bits per heavy atom. The molecule has 3 rings (SSSR count). The third kappa shape index (κ3) is 9.47. The fraction of sp³-hybridized carbons (Fsp3) is 0.300. The molecule has 0 saturated carbocycles. The summed E-state index contributed by atoms with van der Waals surface area (Å²) in [6, 6.07) is 18.1. The topological polar surface area (TPSA) is 124 Å². The molecule has 0 heterocycles. The molecule has 0 unspecified atom stereocenters. The van der Waals surface area contributed by atoms with Crippen molar-refractivity contribution in [3.63, 3.8) is 0 Å². The average Bonchev–Trinajstić information content (AvgIpc) is 2.96. The Balaban J connectivity index is 0.00000616. The van der Waals surface area contributed by atoms with Crippen LogP contribution in [0.1, 0.15) is 22.8 Å². The van der Waals surface area contributed by atoms with Crippen molar-refractivity contribution in [3.8, 4) is 11.5 Å². The van der Waals surface area contributed by atoms with Crippen LogP contribution in [0.3, 0.4) is 0 Å². The first kappa shape index (κ1) is 34.6. The molecule has 0 aromatic heterocycles. The number of ether oxygens (including phenoxy) is 2. The summed E-state index contributed by atoms with van der Waals surface area (Å²) in [6.07, 6.45) is 0. The zero-order valence-electron chi connectivity index (χ0n) is 24.9. The Hall–Kier alpha value is -3.61. The van der Waals surface area contributed by atoms with Crippen molar-refractivity contribution in [2.24, 2.45) is 0 Å². The van der Waals surface area contributed by atoms with E-state index < -0.39 is 5.97 Å². The summed E-state index contributed by atoms with van der Waals surface area (Å²) in [5.41, 5.74) is 2.73. The number of amides is 3. The van der Waals surface area contributed by atoms with Crippen LogP contribution in [0.25, 0.3) is 0 Å². The summed E-state index contributed by atoms with van der Waals surface area (Å²) in [4.78, 5) is 45.3.